The first-order valence-corrected chi connectivity index (χ1v) is 7.74. The minimum Gasteiger partial charge on any atom is -0.337 e. The van der Waals surface area contributed by atoms with Crippen molar-refractivity contribution in [3.63, 3.8) is 0 Å². The van der Waals surface area contributed by atoms with Crippen molar-refractivity contribution in [3.8, 4) is 0 Å². The molecule has 3 heterocycles. The first-order chi connectivity index (χ1) is 11.8. The van der Waals surface area contributed by atoms with Crippen molar-refractivity contribution in [2.45, 2.75) is 6.54 Å². The third-order valence-electron chi connectivity index (χ3n) is 3.59. The maximum absolute atomic E-state index is 5.91. The van der Waals surface area contributed by atoms with Crippen LogP contribution in [-0.4, -0.2) is 24.7 Å². The Morgan fingerprint density at radius 1 is 1.04 bits per heavy atom. The molecule has 3 aromatic heterocycles. The maximum atomic E-state index is 5.91. The van der Waals surface area contributed by atoms with Gasteiger partial charge in [0.05, 0.1) is 30.1 Å². The molecule has 1 aromatic carbocycles. The third-order valence-corrected chi connectivity index (χ3v) is 3.84. The largest absolute Gasteiger partial charge is 0.337 e. The lowest BCUT2D eigenvalue weighted by Crippen LogP contribution is -1.99. The summed E-state index contributed by atoms with van der Waals surface area (Å²) in [7, 11) is 0. The van der Waals surface area contributed by atoms with E-state index in [1.165, 1.54) is 6.33 Å². The molecule has 24 heavy (non-hydrogen) atoms. The standard InChI is InChI=1S/C17H13ClN6/c18-13-3-1-12(2-4-13)9-24-10-14(7-22-24)23-17-15-5-6-19-8-16(15)20-11-21-17/h1-8,10-11H,9H2,(H,20,21,23). The van der Waals surface area contributed by atoms with Gasteiger partial charge in [0, 0.05) is 22.8 Å². The molecule has 4 rings (SSSR count). The Balaban J connectivity index is 1.55. The van der Waals surface area contributed by atoms with Crippen LogP contribution in [0.2, 0.25) is 5.02 Å². The molecule has 7 heteroatoms. The van der Waals surface area contributed by atoms with Crippen LogP contribution in [-0.2, 0) is 6.54 Å². The zero-order chi connectivity index (χ0) is 16.4. The van der Waals surface area contributed by atoms with Gasteiger partial charge in [0.25, 0.3) is 0 Å². The summed E-state index contributed by atoms with van der Waals surface area (Å²) in [4.78, 5) is 12.6. The summed E-state index contributed by atoms with van der Waals surface area (Å²) in [5.74, 6) is 0.730. The minimum absolute atomic E-state index is 0.674. The molecular formula is C17H13ClN6. The Labute approximate surface area is 143 Å². The number of hydrogen-bond acceptors (Lipinski definition) is 5. The van der Waals surface area contributed by atoms with Gasteiger partial charge in [-0.25, -0.2) is 9.97 Å². The van der Waals surface area contributed by atoms with Gasteiger partial charge in [-0.2, -0.15) is 5.10 Å². The second-order valence-corrected chi connectivity index (χ2v) is 5.73. The summed E-state index contributed by atoms with van der Waals surface area (Å²) >= 11 is 5.91. The molecule has 0 aliphatic rings. The molecule has 0 spiro atoms. The zero-order valence-corrected chi connectivity index (χ0v) is 13.4. The number of pyridine rings is 1. The maximum Gasteiger partial charge on any atom is 0.141 e. The topological polar surface area (TPSA) is 68.5 Å². The van der Waals surface area contributed by atoms with Crippen LogP contribution in [0.3, 0.4) is 0 Å². The van der Waals surface area contributed by atoms with Gasteiger partial charge in [0.15, 0.2) is 0 Å². The number of nitrogens with zero attached hydrogens (tertiary/aromatic N) is 5. The monoisotopic (exact) mass is 336 g/mol. The van der Waals surface area contributed by atoms with Gasteiger partial charge in [0.1, 0.15) is 12.1 Å². The molecule has 118 valence electrons. The van der Waals surface area contributed by atoms with E-state index in [0.717, 1.165) is 33.0 Å². The summed E-state index contributed by atoms with van der Waals surface area (Å²) < 4.78 is 1.86. The lowest BCUT2D eigenvalue weighted by molar-refractivity contribution is 0.687. The highest BCUT2D eigenvalue weighted by Crippen LogP contribution is 2.21. The fourth-order valence-electron chi connectivity index (χ4n) is 2.44. The normalized spacial score (nSPS) is 10.9. The molecule has 0 fully saturated rings. The predicted octanol–water partition coefficient (Wildman–Crippen LogP) is 3.67. The Bertz CT molecular complexity index is 974. The molecule has 0 atom stereocenters. The molecule has 0 unspecified atom stereocenters. The van der Waals surface area contributed by atoms with Crippen LogP contribution in [0.5, 0.6) is 0 Å². The van der Waals surface area contributed by atoms with Crippen molar-refractivity contribution < 1.29 is 0 Å². The van der Waals surface area contributed by atoms with Crippen molar-refractivity contribution in [2.24, 2.45) is 0 Å². The number of nitrogens with one attached hydrogen (secondary N) is 1. The molecule has 0 saturated carbocycles. The smallest absolute Gasteiger partial charge is 0.141 e. The molecule has 0 radical (unpaired) electrons. The van der Waals surface area contributed by atoms with E-state index >= 15 is 0 Å². The van der Waals surface area contributed by atoms with Gasteiger partial charge in [-0.1, -0.05) is 23.7 Å². The van der Waals surface area contributed by atoms with Gasteiger partial charge < -0.3 is 5.32 Å². The average Bonchev–Trinajstić information content (AvgIpc) is 3.04. The molecule has 0 bridgehead atoms. The molecule has 0 aliphatic heterocycles. The van der Waals surface area contributed by atoms with E-state index in [9.17, 15) is 0 Å². The molecule has 0 aliphatic carbocycles. The van der Waals surface area contributed by atoms with E-state index in [4.69, 9.17) is 11.6 Å². The van der Waals surface area contributed by atoms with Crippen LogP contribution in [0.4, 0.5) is 11.5 Å². The third kappa shape index (κ3) is 3.04. The van der Waals surface area contributed by atoms with Crippen molar-refractivity contribution in [3.05, 3.63) is 72.0 Å². The average molecular weight is 337 g/mol. The van der Waals surface area contributed by atoms with E-state index < -0.39 is 0 Å². The number of halogens is 1. The highest BCUT2D eigenvalue weighted by Gasteiger charge is 2.06. The molecule has 4 aromatic rings. The fourth-order valence-corrected chi connectivity index (χ4v) is 2.56. The van der Waals surface area contributed by atoms with E-state index in [1.54, 1.807) is 18.6 Å². The van der Waals surface area contributed by atoms with Crippen LogP contribution < -0.4 is 5.32 Å². The second-order valence-electron chi connectivity index (χ2n) is 5.29. The van der Waals surface area contributed by atoms with Crippen LogP contribution in [0, 0.1) is 0 Å². The van der Waals surface area contributed by atoms with Crippen LogP contribution in [0.1, 0.15) is 5.56 Å². The lowest BCUT2D eigenvalue weighted by Gasteiger charge is -2.05. The Morgan fingerprint density at radius 2 is 1.92 bits per heavy atom. The Kier molecular flexibility index (Phi) is 3.80. The number of hydrogen-bond donors (Lipinski definition) is 1. The van der Waals surface area contributed by atoms with E-state index in [-0.39, 0.29) is 0 Å². The first-order valence-electron chi connectivity index (χ1n) is 7.36. The van der Waals surface area contributed by atoms with Crippen LogP contribution >= 0.6 is 11.6 Å². The highest BCUT2D eigenvalue weighted by molar-refractivity contribution is 6.30. The molecular weight excluding hydrogens is 324 g/mol. The number of rotatable bonds is 4. The minimum atomic E-state index is 0.674. The summed E-state index contributed by atoms with van der Waals surface area (Å²) in [5, 5.41) is 9.30. The van der Waals surface area contributed by atoms with Crippen molar-refractivity contribution in [1.29, 1.82) is 0 Å². The van der Waals surface area contributed by atoms with Crippen LogP contribution in [0.15, 0.2) is 61.4 Å². The highest BCUT2D eigenvalue weighted by atomic mass is 35.5. The van der Waals surface area contributed by atoms with Crippen LogP contribution in [0.25, 0.3) is 10.9 Å². The van der Waals surface area contributed by atoms with Crippen molar-refractivity contribution in [2.75, 3.05) is 5.32 Å². The quantitative estimate of drug-likeness (QED) is 0.616. The zero-order valence-electron chi connectivity index (χ0n) is 12.6. The van der Waals surface area contributed by atoms with Gasteiger partial charge in [0.2, 0.25) is 0 Å². The lowest BCUT2D eigenvalue weighted by atomic mass is 10.2. The van der Waals surface area contributed by atoms with Gasteiger partial charge in [-0.3, -0.25) is 9.67 Å². The van der Waals surface area contributed by atoms with E-state index in [2.05, 4.69) is 25.4 Å². The van der Waals surface area contributed by atoms with Crippen molar-refractivity contribution >= 4 is 34.0 Å². The van der Waals surface area contributed by atoms with Gasteiger partial charge in [-0.05, 0) is 23.8 Å². The SMILES string of the molecule is Clc1ccc(Cn2cc(Nc3ncnc4cnccc34)cn2)cc1. The predicted molar refractivity (Wildman–Crippen MR) is 93.4 cm³/mol. The number of benzene rings is 1. The summed E-state index contributed by atoms with van der Waals surface area (Å²) in [6, 6.07) is 9.61. The molecule has 1 N–H and O–H groups in total. The summed E-state index contributed by atoms with van der Waals surface area (Å²) in [6.45, 7) is 0.674. The van der Waals surface area contributed by atoms with Gasteiger partial charge >= 0.3 is 0 Å². The second kappa shape index (κ2) is 6.25. The summed E-state index contributed by atoms with van der Waals surface area (Å²) in [6.07, 6.45) is 8.66. The molecule has 0 saturated heterocycles. The fraction of sp³-hybridized carbons (Fsp3) is 0.0588. The molecule has 0 amide bonds. The van der Waals surface area contributed by atoms with E-state index in [0.29, 0.717) is 6.54 Å². The number of anilines is 2. The summed E-state index contributed by atoms with van der Waals surface area (Å²) in [5.41, 5.74) is 2.79. The van der Waals surface area contributed by atoms with E-state index in [1.807, 2.05) is 41.2 Å². The number of aromatic nitrogens is 5. The van der Waals surface area contributed by atoms with Crippen molar-refractivity contribution in [1.82, 2.24) is 24.7 Å². The number of fused-ring (bicyclic) bond motifs is 1. The molecule has 6 nitrogen and oxygen atoms in total. The first kappa shape index (κ1) is 14.6. The van der Waals surface area contributed by atoms with Gasteiger partial charge in [-0.15, -0.1) is 0 Å². The Morgan fingerprint density at radius 3 is 2.79 bits per heavy atom. The Hall–Kier alpha value is -2.99.